The van der Waals surface area contributed by atoms with E-state index in [1.165, 1.54) is 11.8 Å². The second kappa shape index (κ2) is 6.51. The molecule has 3 rings (SSSR count). The molecule has 0 bridgehead atoms. The van der Waals surface area contributed by atoms with Crippen LogP contribution in [0.1, 0.15) is 16.7 Å². The van der Waals surface area contributed by atoms with Crippen molar-refractivity contribution in [3.8, 4) is 5.75 Å². The smallest absolute Gasteiger partial charge is 0.179 e. The summed E-state index contributed by atoms with van der Waals surface area (Å²) in [5, 5.41) is 11.4. The molecule has 1 unspecified atom stereocenters. The Morgan fingerprint density at radius 1 is 1.26 bits per heavy atom. The van der Waals surface area contributed by atoms with Crippen LogP contribution in [-0.2, 0) is 12.3 Å². The van der Waals surface area contributed by atoms with Crippen molar-refractivity contribution in [2.24, 2.45) is 0 Å². The van der Waals surface area contributed by atoms with E-state index in [1.54, 1.807) is 7.11 Å². The largest absolute Gasteiger partial charge is 0.496 e. The van der Waals surface area contributed by atoms with Gasteiger partial charge in [-0.25, -0.2) is 0 Å². The molecule has 0 radical (unpaired) electrons. The molecule has 1 aliphatic rings. The number of rotatable bonds is 4. The molecule has 2 aromatic rings. The van der Waals surface area contributed by atoms with E-state index in [0.29, 0.717) is 22.4 Å². The standard InChI is InChI=1S/C18H19NO2S2/c1-13-8-9-16(21-2)15(10-13)18(20)12-23-17(22)19(18)11-14-6-4-3-5-7-14/h3-10,20H,11-12H2,1-2H3. The number of methoxy groups -OCH3 is 1. The minimum atomic E-state index is -1.16. The summed E-state index contributed by atoms with van der Waals surface area (Å²) in [5.41, 5.74) is 1.80. The zero-order valence-electron chi connectivity index (χ0n) is 13.2. The molecule has 0 amide bonds. The number of thioether (sulfide) groups is 1. The number of benzene rings is 2. The lowest BCUT2D eigenvalue weighted by molar-refractivity contribution is -0.0524. The topological polar surface area (TPSA) is 32.7 Å². The Morgan fingerprint density at radius 3 is 2.70 bits per heavy atom. The predicted octanol–water partition coefficient (Wildman–Crippen LogP) is 3.68. The molecular formula is C18H19NO2S2. The van der Waals surface area contributed by atoms with Crippen LogP contribution in [0.2, 0.25) is 0 Å². The molecule has 0 saturated carbocycles. The minimum absolute atomic E-state index is 0.498. The number of aliphatic hydroxyl groups is 1. The van der Waals surface area contributed by atoms with Crippen molar-refractivity contribution >= 4 is 28.3 Å². The Bertz CT molecular complexity index is 720. The number of hydrogen-bond acceptors (Lipinski definition) is 4. The average Bonchev–Trinajstić information content (AvgIpc) is 2.85. The van der Waals surface area contributed by atoms with Crippen molar-refractivity contribution in [3.05, 3.63) is 65.2 Å². The summed E-state index contributed by atoms with van der Waals surface area (Å²) in [7, 11) is 1.62. The monoisotopic (exact) mass is 345 g/mol. The first kappa shape index (κ1) is 16.3. The lowest BCUT2D eigenvalue weighted by Crippen LogP contribution is -2.44. The van der Waals surface area contributed by atoms with E-state index in [9.17, 15) is 5.11 Å². The highest BCUT2D eigenvalue weighted by Crippen LogP contribution is 2.43. The maximum Gasteiger partial charge on any atom is 0.179 e. The molecule has 2 aromatic carbocycles. The number of hydrogen-bond donors (Lipinski definition) is 1. The van der Waals surface area contributed by atoms with Gasteiger partial charge >= 0.3 is 0 Å². The highest BCUT2D eigenvalue weighted by atomic mass is 32.2. The van der Waals surface area contributed by atoms with Crippen LogP contribution in [0.25, 0.3) is 0 Å². The van der Waals surface area contributed by atoms with E-state index < -0.39 is 5.72 Å². The highest BCUT2D eigenvalue weighted by molar-refractivity contribution is 8.23. The molecule has 0 spiro atoms. The van der Waals surface area contributed by atoms with E-state index in [0.717, 1.165) is 16.7 Å². The second-order valence-corrected chi connectivity index (χ2v) is 7.26. The summed E-state index contributed by atoms with van der Waals surface area (Å²) in [5.74, 6) is 1.18. The lowest BCUT2D eigenvalue weighted by Gasteiger charge is -2.35. The Labute approximate surface area is 146 Å². The van der Waals surface area contributed by atoms with Gasteiger partial charge in [0.2, 0.25) is 0 Å². The van der Waals surface area contributed by atoms with Gasteiger partial charge in [0.05, 0.1) is 12.9 Å². The molecule has 1 N–H and O–H groups in total. The number of thiocarbonyl (C=S) groups is 1. The van der Waals surface area contributed by atoms with Gasteiger partial charge in [-0.3, -0.25) is 0 Å². The maximum atomic E-state index is 11.4. The van der Waals surface area contributed by atoms with Crippen LogP contribution in [-0.4, -0.2) is 27.2 Å². The Kier molecular flexibility index (Phi) is 4.62. The Balaban J connectivity index is 2.02. The summed E-state index contributed by atoms with van der Waals surface area (Å²) in [6.07, 6.45) is 0. The first-order valence-electron chi connectivity index (χ1n) is 7.40. The van der Waals surface area contributed by atoms with Crippen LogP contribution < -0.4 is 4.74 Å². The van der Waals surface area contributed by atoms with Crippen LogP contribution in [0.3, 0.4) is 0 Å². The maximum absolute atomic E-state index is 11.4. The fourth-order valence-corrected chi connectivity index (χ4v) is 4.19. The van der Waals surface area contributed by atoms with E-state index in [4.69, 9.17) is 17.0 Å². The molecule has 1 aliphatic heterocycles. The van der Waals surface area contributed by atoms with Crippen molar-refractivity contribution in [1.82, 2.24) is 4.90 Å². The molecule has 1 saturated heterocycles. The van der Waals surface area contributed by atoms with Crippen molar-refractivity contribution in [2.75, 3.05) is 12.9 Å². The van der Waals surface area contributed by atoms with Crippen molar-refractivity contribution in [2.45, 2.75) is 19.2 Å². The van der Waals surface area contributed by atoms with Crippen LogP contribution in [0, 0.1) is 6.92 Å². The third-order valence-corrected chi connectivity index (χ3v) is 5.62. The summed E-state index contributed by atoms with van der Waals surface area (Å²) in [6, 6.07) is 15.9. The van der Waals surface area contributed by atoms with Crippen molar-refractivity contribution in [3.63, 3.8) is 0 Å². The summed E-state index contributed by atoms with van der Waals surface area (Å²) >= 11 is 6.99. The van der Waals surface area contributed by atoms with E-state index >= 15 is 0 Å². The zero-order chi connectivity index (χ0) is 16.4. The van der Waals surface area contributed by atoms with E-state index in [2.05, 4.69) is 0 Å². The quantitative estimate of drug-likeness (QED) is 0.855. The van der Waals surface area contributed by atoms with Crippen LogP contribution in [0.5, 0.6) is 5.75 Å². The lowest BCUT2D eigenvalue weighted by atomic mass is 9.99. The van der Waals surface area contributed by atoms with Crippen molar-refractivity contribution in [1.29, 1.82) is 0 Å². The molecule has 120 valence electrons. The zero-order valence-corrected chi connectivity index (χ0v) is 14.8. The number of nitrogens with zero attached hydrogens (tertiary/aromatic N) is 1. The van der Waals surface area contributed by atoms with Crippen molar-refractivity contribution < 1.29 is 9.84 Å². The first-order valence-corrected chi connectivity index (χ1v) is 8.80. The molecular weight excluding hydrogens is 326 g/mol. The third kappa shape index (κ3) is 3.09. The molecule has 3 nitrogen and oxygen atoms in total. The fourth-order valence-electron chi connectivity index (χ4n) is 2.79. The summed E-state index contributed by atoms with van der Waals surface area (Å²) in [6.45, 7) is 2.58. The SMILES string of the molecule is COc1ccc(C)cc1C1(O)CSC(=S)N1Cc1ccccc1. The van der Waals surface area contributed by atoms with Gasteiger partial charge in [-0.1, -0.05) is 65.9 Å². The van der Waals surface area contributed by atoms with Gasteiger partial charge in [0.25, 0.3) is 0 Å². The molecule has 1 fully saturated rings. The van der Waals surface area contributed by atoms with Gasteiger partial charge in [-0.05, 0) is 24.6 Å². The van der Waals surface area contributed by atoms with Gasteiger partial charge in [-0.15, -0.1) is 0 Å². The number of ether oxygens (including phenoxy) is 1. The second-order valence-electron chi connectivity index (χ2n) is 5.65. The molecule has 23 heavy (non-hydrogen) atoms. The summed E-state index contributed by atoms with van der Waals surface area (Å²) < 4.78 is 6.18. The Hall–Kier alpha value is -1.56. The molecule has 0 aromatic heterocycles. The fraction of sp³-hybridized carbons (Fsp3) is 0.278. The molecule has 1 heterocycles. The third-order valence-electron chi connectivity index (χ3n) is 4.03. The van der Waals surface area contributed by atoms with Gasteiger partial charge in [0.15, 0.2) is 5.72 Å². The van der Waals surface area contributed by atoms with Crippen LogP contribution >= 0.6 is 24.0 Å². The van der Waals surface area contributed by atoms with Gasteiger partial charge < -0.3 is 14.7 Å². The molecule has 5 heteroatoms. The Morgan fingerprint density at radius 2 is 2.00 bits per heavy atom. The molecule has 1 atom stereocenters. The van der Waals surface area contributed by atoms with Crippen LogP contribution in [0.15, 0.2) is 48.5 Å². The number of aryl methyl sites for hydroxylation is 1. The minimum Gasteiger partial charge on any atom is -0.496 e. The van der Waals surface area contributed by atoms with Gasteiger partial charge in [0.1, 0.15) is 10.1 Å². The van der Waals surface area contributed by atoms with E-state index in [-0.39, 0.29) is 0 Å². The van der Waals surface area contributed by atoms with E-state index in [1.807, 2.05) is 60.4 Å². The summed E-state index contributed by atoms with van der Waals surface area (Å²) in [4.78, 5) is 1.89. The predicted molar refractivity (Wildman–Crippen MR) is 98.7 cm³/mol. The van der Waals surface area contributed by atoms with Gasteiger partial charge in [0, 0.05) is 12.1 Å². The van der Waals surface area contributed by atoms with Crippen LogP contribution in [0.4, 0.5) is 0 Å². The average molecular weight is 345 g/mol. The van der Waals surface area contributed by atoms with Gasteiger partial charge in [-0.2, -0.15) is 0 Å². The normalized spacial score (nSPS) is 20.8. The highest BCUT2D eigenvalue weighted by Gasteiger charge is 2.45. The molecule has 0 aliphatic carbocycles. The first-order chi connectivity index (χ1) is 11.0.